The second-order valence-corrected chi connectivity index (χ2v) is 3.91. The van der Waals surface area contributed by atoms with Gasteiger partial charge in [-0.25, -0.2) is 0 Å². The van der Waals surface area contributed by atoms with Gasteiger partial charge in [-0.15, -0.1) is 0 Å². The van der Waals surface area contributed by atoms with Crippen LogP contribution >= 0.6 is 11.6 Å². The number of benzene rings is 1. The highest BCUT2D eigenvalue weighted by atomic mass is 35.5. The quantitative estimate of drug-likeness (QED) is 0.580. The summed E-state index contributed by atoms with van der Waals surface area (Å²) in [4.78, 5) is 10.5. The zero-order chi connectivity index (χ0) is 13.4. The molecule has 0 spiro atoms. The van der Waals surface area contributed by atoms with Crippen molar-refractivity contribution in [1.29, 1.82) is 0 Å². The highest BCUT2D eigenvalue weighted by molar-refractivity contribution is 6.32. The molecule has 1 aromatic rings. The van der Waals surface area contributed by atoms with Crippen LogP contribution in [0.4, 0.5) is 0 Å². The summed E-state index contributed by atoms with van der Waals surface area (Å²) in [6.45, 7) is 1.00. The molecule has 0 aromatic heterocycles. The van der Waals surface area contributed by atoms with Gasteiger partial charge in [-0.2, -0.15) is 0 Å². The van der Waals surface area contributed by atoms with Crippen molar-refractivity contribution in [1.82, 2.24) is 0 Å². The highest BCUT2D eigenvalue weighted by Crippen LogP contribution is 2.25. The molecule has 0 unspecified atom stereocenters. The third kappa shape index (κ3) is 5.35. The van der Waals surface area contributed by atoms with E-state index in [0.29, 0.717) is 29.5 Å². The predicted octanol–water partition coefficient (Wildman–Crippen LogP) is 1.97. The largest absolute Gasteiger partial charge is 0.481 e. The molecule has 0 aliphatic heterocycles. The maximum absolute atomic E-state index is 10.5. The van der Waals surface area contributed by atoms with Gasteiger partial charge in [-0.3, -0.25) is 4.79 Å². The van der Waals surface area contributed by atoms with Gasteiger partial charge in [0.05, 0.1) is 24.7 Å². The van der Waals surface area contributed by atoms with Gasteiger partial charge in [-0.1, -0.05) is 17.7 Å². The van der Waals surface area contributed by atoms with Crippen molar-refractivity contribution in [2.75, 3.05) is 27.1 Å². The normalized spacial score (nSPS) is 10.3. The summed E-state index contributed by atoms with van der Waals surface area (Å²) < 4.78 is 15.2. The number of aliphatic carboxylic acids is 1. The van der Waals surface area contributed by atoms with Crippen LogP contribution in [0, 0.1) is 0 Å². The van der Waals surface area contributed by atoms with E-state index in [9.17, 15) is 4.79 Å². The van der Waals surface area contributed by atoms with E-state index in [4.69, 9.17) is 30.9 Å². The lowest BCUT2D eigenvalue weighted by molar-refractivity contribution is -0.136. The Kier molecular flexibility index (Phi) is 6.49. The van der Waals surface area contributed by atoms with Crippen LogP contribution in [-0.2, 0) is 20.7 Å². The molecule has 5 nitrogen and oxygen atoms in total. The fourth-order valence-electron chi connectivity index (χ4n) is 1.25. The molecular formula is C12H15ClO5. The number of hydrogen-bond acceptors (Lipinski definition) is 4. The first kappa shape index (κ1) is 14.8. The first-order valence-electron chi connectivity index (χ1n) is 5.33. The van der Waals surface area contributed by atoms with Crippen LogP contribution < -0.4 is 4.74 Å². The molecule has 0 radical (unpaired) electrons. The summed E-state index contributed by atoms with van der Waals surface area (Å²) >= 11 is 5.95. The third-order valence-corrected chi connectivity index (χ3v) is 2.38. The smallest absolute Gasteiger partial charge is 0.307 e. The molecule has 0 heterocycles. The Morgan fingerprint density at radius 1 is 1.39 bits per heavy atom. The number of hydrogen-bond donors (Lipinski definition) is 1. The Labute approximate surface area is 110 Å². The van der Waals surface area contributed by atoms with E-state index in [0.717, 1.165) is 0 Å². The summed E-state index contributed by atoms with van der Waals surface area (Å²) in [5, 5.41) is 9.01. The topological polar surface area (TPSA) is 65.0 Å². The predicted molar refractivity (Wildman–Crippen MR) is 66.1 cm³/mol. The van der Waals surface area contributed by atoms with Crippen molar-refractivity contribution in [3.63, 3.8) is 0 Å². The van der Waals surface area contributed by atoms with Crippen LogP contribution in [0.15, 0.2) is 18.2 Å². The van der Waals surface area contributed by atoms with Crippen LogP contribution in [0.25, 0.3) is 0 Å². The standard InChI is InChI=1S/C12H15ClO5/c1-16-4-5-17-8-18-11-3-2-9(6-10(11)13)7-12(14)15/h2-3,6H,4-5,7-8H2,1H3,(H,14,15). The van der Waals surface area contributed by atoms with Crippen molar-refractivity contribution in [2.24, 2.45) is 0 Å². The van der Waals surface area contributed by atoms with Crippen molar-refractivity contribution in [2.45, 2.75) is 6.42 Å². The van der Waals surface area contributed by atoms with Crippen molar-refractivity contribution >= 4 is 17.6 Å². The van der Waals surface area contributed by atoms with E-state index in [-0.39, 0.29) is 13.2 Å². The Balaban J connectivity index is 2.44. The van der Waals surface area contributed by atoms with Gasteiger partial charge < -0.3 is 19.3 Å². The lowest BCUT2D eigenvalue weighted by atomic mass is 10.1. The second-order valence-electron chi connectivity index (χ2n) is 3.50. The summed E-state index contributed by atoms with van der Waals surface area (Å²) in [6, 6.07) is 4.85. The van der Waals surface area contributed by atoms with Crippen molar-refractivity contribution in [3.05, 3.63) is 28.8 Å². The number of carboxylic acid groups (broad SMARTS) is 1. The van der Waals surface area contributed by atoms with E-state index in [1.165, 1.54) is 0 Å². The molecule has 0 saturated heterocycles. The van der Waals surface area contributed by atoms with E-state index >= 15 is 0 Å². The lowest BCUT2D eigenvalue weighted by Gasteiger charge is -2.09. The van der Waals surface area contributed by atoms with Gasteiger partial charge in [0.15, 0.2) is 6.79 Å². The van der Waals surface area contributed by atoms with Crippen LogP contribution in [0.3, 0.4) is 0 Å². The molecule has 18 heavy (non-hydrogen) atoms. The highest BCUT2D eigenvalue weighted by Gasteiger charge is 2.06. The molecule has 0 amide bonds. The Bertz CT molecular complexity index is 394. The Hall–Kier alpha value is -1.30. The van der Waals surface area contributed by atoms with Gasteiger partial charge in [0.25, 0.3) is 0 Å². The SMILES string of the molecule is COCCOCOc1ccc(CC(=O)O)cc1Cl. The van der Waals surface area contributed by atoms with Gasteiger partial charge >= 0.3 is 5.97 Å². The first-order chi connectivity index (χ1) is 8.63. The van der Waals surface area contributed by atoms with Gasteiger partial charge in [0.2, 0.25) is 0 Å². The molecule has 6 heteroatoms. The number of ether oxygens (including phenoxy) is 3. The molecular weight excluding hydrogens is 260 g/mol. The number of carbonyl (C=O) groups is 1. The van der Waals surface area contributed by atoms with Crippen LogP contribution in [0.1, 0.15) is 5.56 Å². The zero-order valence-electron chi connectivity index (χ0n) is 10.0. The van der Waals surface area contributed by atoms with Crippen molar-refractivity contribution < 1.29 is 24.1 Å². The second kappa shape index (κ2) is 7.92. The molecule has 1 rings (SSSR count). The average Bonchev–Trinajstić information content (AvgIpc) is 2.30. The Morgan fingerprint density at radius 3 is 2.78 bits per heavy atom. The summed E-state index contributed by atoms with van der Waals surface area (Å²) in [7, 11) is 1.59. The number of rotatable bonds is 8. The molecule has 100 valence electrons. The van der Waals surface area contributed by atoms with Crippen LogP contribution in [-0.4, -0.2) is 38.2 Å². The molecule has 0 aliphatic carbocycles. The number of carboxylic acids is 1. The fourth-order valence-corrected chi connectivity index (χ4v) is 1.51. The van der Waals surface area contributed by atoms with Crippen LogP contribution in [0.2, 0.25) is 5.02 Å². The van der Waals surface area contributed by atoms with Gasteiger partial charge in [0, 0.05) is 7.11 Å². The summed E-state index contributed by atoms with van der Waals surface area (Å²) in [6.07, 6.45) is -0.0651. The average molecular weight is 275 g/mol. The van der Waals surface area contributed by atoms with Crippen LogP contribution in [0.5, 0.6) is 5.75 Å². The third-order valence-electron chi connectivity index (χ3n) is 2.08. The molecule has 0 aliphatic rings. The lowest BCUT2D eigenvalue weighted by Crippen LogP contribution is -2.08. The summed E-state index contributed by atoms with van der Waals surface area (Å²) in [5.41, 5.74) is 0.625. The first-order valence-corrected chi connectivity index (χ1v) is 5.71. The maximum Gasteiger partial charge on any atom is 0.307 e. The zero-order valence-corrected chi connectivity index (χ0v) is 10.8. The molecule has 1 aromatic carbocycles. The van der Waals surface area contributed by atoms with Gasteiger partial charge in [0.1, 0.15) is 5.75 Å². The molecule has 0 saturated carbocycles. The minimum atomic E-state index is -0.900. The van der Waals surface area contributed by atoms with Gasteiger partial charge in [-0.05, 0) is 17.7 Å². The molecule has 0 fully saturated rings. The van der Waals surface area contributed by atoms with Crippen molar-refractivity contribution in [3.8, 4) is 5.75 Å². The fraction of sp³-hybridized carbons (Fsp3) is 0.417. The maximum atomic E-state index is 10.5. The summed E-state index contributed by atoms with van der Waals surface area (Å²) in [5.74, 6) is -0.439. The minimum Gasteiger partial charge on any atom is -0.481 e. The molecule has 1 N–H and O–H groups in total. The Morgan fingerprint density at radius 2 is 2.17 bits per heavy atom. The molecule has 0 atom stereocenters. The monoisotopic (exact) mass is 274 g/mol. The number of halogens is 1. The number of methoxy groups -OCH3 is 1. The molecule has 0 bridgehead atoms. The minimum absolute atomic E-state index is 0.0651. The van der Waals surface area contributed by atoms with E-state index in [1.54, 1.807) is 25.3 Å². The van der Waals surface area contributed by atoms with E-state index in [2.05, 4.69) is 0 Å². The van der Waals surface area contributed by atoms with E-state index < -0.39 is 5.97 Å². The van der Waals surface area contributed by atoms with E-state index in [1.807, 2.05) is 0 Å².